The van der Waals surface area contributed by atoms with Gasteiger partial charge in [0.2, 0.25) is 0 Å². The van der Waals surface area contributed by atoms with Gasteiger partial charge in [-0.05, 0) is 6.07 Å². The number of hydrogen-bond acceptors (Lipinski definition) is 4. The number of rotatable bonds is 4. The molecule has 0 bridgehead atoms. The van der Waals surface area contributed by atoms with Gasteiger partial charge < -0.3 is 15.5 Å². The van der Waals surface area contributed by atoms with Crippen molar-refractivity contribution >= 4 is 18.3 Å². The number of nitrogens with one attached hydrogen (secondary N) is 1. The molecular formula is C9H13NO2S. The van der Waals surface area contributed by atoms with Crippen LogP contribution in [0.25, 0.3) is 0 Å². The molecule has 0 amide bonds. The van der Waals surface area contributed by atoms with Crippen LogP contribution in [0.2, 0.25) is 0 Å². The van der Waals surface area contributed by atoms with Crippen LogP contribution in [0, 0.1) is 0 Å². The van der Waals surface area contributed by atoms with Crippen LogP contribution >= 0.6 is 12.6 Å². The summed E-state index contributed by atoms with van der Waals surface area (Å²) in [6, 6.07) is 5.10. The number of benzene rings is 1. The second kappa shape index (κ2) is 4.99. The monoisotopic (exact) mass is 199 g/mol. The highest BCUT2D eigenvalue weighted by atomic mass is 32.1. The molecule has 0 unspecified atom stereocenters. The maximum absolute atomic E-state index is 9.37. The van der Waals surface area contributed by atoms with E-state index in [-0.39, 0.29) is 12.4 Å². The molecule has 1 aromatic carbocycles. The molecule has 1 aromatic rings. The minimum absolute atomic E-state index is 0.117. The topological polar surface area (TPSA) is 52.5 Å². The predicted octanol–water partition coefficient (Wildman–Crippen LogP) is 1.23. The molecular weight excluding hydrogens is 186 g/mol. The van der Waals surface area contributed by atoms with Gasteiger partial charge in [-0.3, -0.25) is 0 Å². The zero-order valence-electron chi connectivity index (χ0n) is 7.20. The third-order valence-corrected chi connectivity index (χ3v) is 1.92. The van der Waals surface area contributed by atoms with Crippen molar-refractivity contribution in [1.82, 2.24) is 0 Å². The molecule has 0 aliphatic heterocycles. The normalized spacial score (nSPS) is 10.0. The van der Waals surface area contributed by atoms with E-state index in [0.717, 1.165) is 18.0 Å². The largest absolute Gasteiger partial charge is 0.508 e. The second-order valence-electron chi connectivity index (χ2n) is 2.65. The lowest BCUT2D eigenvalue weighted by Gasteiger charge is -2.06. The minimum Gasteiger partial charge on any atom is -0.508 e. The van der Waals surface area contributed by atoms with Gasteiger partial charge in [-0.15, -0.1) is 0 Å². The number of hydrogen-bond donors (Lipinski definition) is 4. The van der Waals surface area contributed by atoms with Crippen LogP contribution in [0.5, 0.6) is 5.75 Å². The Hall–Kier alpha value is -0.870. The lowest BCUT2D eigenvalue weighted by molar-refractivity contribution is 0.275. The molecule has 4 heteroatoms. The van der Waals surface area contributed by atoms with Crippen LogP contribution in [0.15, 0.2) is 18.2 Å². The molecule has 0 aliphatic rings. The Bertz CT molecular complexity index is 278. The summed E-state index contributed by atoms with van der Waals surface area (Å²) >= 11 is 4.05. The summed E-state index contributed by atoms with van der Waals surface area (Å²) in [4.78, 5) is 0. The van der Waals surface area contributed by atoms with Crippen molar-refractivity contribution in [2.24, 2.45) is 0 Å². The molecule has 0 fully saturated rings. The van der Waals surface area contributed by atoms with Gasteiger partial charge in [0.15, 0.2) is 0 Å². The second-order valence-corrected chi connectivity index (χ2v) is 3.10. The molecule has 0 saturated carbocycles. The quantitative estimate of drug-likeness (QED) is 0.552. The Morgan fingerprint density at radius 2 is 2.15 bits per heavy atom. The Morgan fingerprint density at radius 1 is 1.38 bits per heavy atom. The van der Waals surface area contributed by atoms with E-state index in [1.807, 2.05) is 6.07 Å². The van der Waals surface area contributed by atoms with Crippen LogP contribution in [0.3, 0.4) is 0 Å². The summed E-state index contributed by atoms with van der Waals surface area (Å²) in [5.74, 6) is 0.856. The highest BCUT2D eigenvalue weighted by Crippen LogP contribution is 2.21. The third kappa shape index (κ3) is 2.82. The number of aromatic hydroxyl groups is 1. The van der Waals surface area contributed by atoms with Crippen LogP contribution in [-0.2, 0) is 6.61 Å². The summed E-state index contributed by atoms with van der Waals surface area (Å²) in [6.45, 7) is 0.611. The molecule has 3 N–H and O–H groups in total. The van der Waals surface area contributed by atoms with Crippen molar-refractivity contribution in [2.75, 3.05) is 17.6 Å². The van der Waals surface area contributed by atoms with E-state index in [0.29, 0.717) is 5.56 Å². The van der Waals surface area contributed by atoms with E-state index >= 15 is 0 Å². The maximum atomic E-state index is 9.37. The minimum atomic E-state index is -0.140. The van der Waals surface area contributed by atoms with Crippen molar-refractivity contribution in [2.45, 2.75) is 6.61 Å². The van der Waals surface area contributed by atoms with Crippen LogP contribution in [-0.4, -0.2) is 22.5 Å². The van der Waals surface area contributed by atoms with Gasteiger partial charge in [-0.25, -0.2) is 0 Å². The summed E-state index contributed by atoms with van der Waals surface area (Å²) < 4.78 is 0. The first-order valence-electron chi connectivity index (χ1n) is 4.05. The maximum Gasteiger partial charge on any atom is 0.123 e. The van der Waals surface area contributed by atoms with Gasteiger partial charge in [0, 0.05) is 29.6 Å². The van der Waals surface area contributed by atoms with E-state index in [2.05, 4.69) is 17.9 Å². The molecule has 72 valence electrons. The average Bonchev–Trinajstić information content (AvgIpc) is 2.15. The zero-order chi connectivity index (χ0) is 9.68. The van der Waals surface area contributed by atoms with Gasteiger partial charge in [-0.2, -0.15) is 12.6 Å². The van der Waals surface area contributed by atoms with Gasteiger partial charge in [0.1, 0.15) is 5.75 Å². The summed E-state index contributed by atoms with van der Waals surface area (Å²) in [5.41, 5.74) is 1.38. The first kappa shape index (κ1) is 10.2. The molecule has 0 aliphatic carbocycles. The van der Waals surface area contributed by atoms with Gasteiger partial charge in [0.05, 0.1) is 6.61 Å². The lowest BCUT2D eigenvalue weighted by atomic mass is 10.2. The van der Waals surface area contributed by atoms with E-state index < -0.39 is 0 Å². The third-order valence-electron chi connectivity index (χ3n) is 1.70. The highest BCUT2D eigenvalue weighted by molar-refractivity contribution is 7.80. The standard InChI is InChI=1S/C9H13NO2S/c11-6-7-1-2-8(5-9(7)12)10-3-4-13/h1-2,5,10-13H,3-4,6H2. The fourth-order valence-electron chi connectivity index (χ4n) is 1.01. The Labute approximate surface area is 82.8 Å². The molecule has 0 radical (unpaired) electrons. The van der Waals surface area contributed by atoms with Crippen LogP contribution in [0.1, 0.15) is 5.56 Å². The molecule has 0 heterocycles. The van der Waals surface area contributed by atoms with E-state index in [9.17, 15) is 5.11 Å². The number of anilines is 1. The lowest BCUT2D eigenvalue weighted by Crippen LogP contribution is -2.02. The fourth-order valence-corrected chi connectivity index (χ4v) is 1.12. The van der Waals surface area contributed by atoms with E-state index in [1.165, 1.54) is 0 Å². The Kier molecular flexibility index (Phi) is 3.92. The fraction of sp³-hybridized carbons (Fsp3) is 0.333. The van der Waals surface area contributed by atoms with Gasteiger partial charge in [-0.1, -0.05) is 6.07 Å². The Morgan fingerprint density at radius 3 is 2.69 bits per heavy atom. The predicted molar refractivity (Wildman–Crippen MR) is 56.4 cm³/mol. The summed E-state index contributed by atoms with van der Waals surface area (Å²) in [5, 5.41) is 21.2. The van der Waals surface area contributed by atoms with Gasteiger partial charge >= 0.3 is 0 Å². The Balaban J connectivity index is 2.71. The van der Waals surface area contributed by atoms with Gasteiger partial charge in [0.25, 0.3) is 0 Å². The van der Waals surface area contributed by atoms with Crippen molar-refractivity contribution < 1.29 is 10.2 Å². The number of aliphatic hydroxyl groups is 1. The molecule has 0 atom stereocenters. The molecule has 0 saturated heterocycles. The van der Waals surface area contributed by atoms with Crippen molar-refractivity contribution in [1.29, 1.82) is 0 Å². The molecule has 0 spiro atoms. The van der Waals surface area contributed by atoms with Crippen molar-refractivity contribution in [3.63, 3.8) is 0 Å². The van der Waals surface area contributed by atoms with E-state index in [1.54, 1.807) is 12.1 Å². The van der Waals surface area contributed by atoms with Crippen molar-refractivity contribution in [3.05, 3.63) is 23.8 Å². The number of thiol groups is 1. The zero-order valence-corrected chi connectivity index (χ0v) is 8.09. The van der Waals surface area contributed by atoms with Crippen LogP contribution in [0.4, 0.5) is 5.69 Å². The number of phenols is 1. The number of aliphatic hydroxyl groups excluding tert-OH is 1. The summed E-state index contributed by atoms with van der Waals surface area (Å²) in [6.07, 6.45) is 0. The molecule has 13 heavy (non-hydrogen) atoms. The molecule has 0 aromatic heterocycles. The smallest absolute Gasteiger partial charge is 0.123 e. The summed E-state index contributed by atoms with van der Waals surface area (Å²) in [7, 11) is 0. The van der Waals surface area contributed by atoms with Crippen LogP contribution < -0.4 is 5.32 Å². The van der Waals surface area contributed by atoms with E-state index in [4.69, 9.17) is 5.11 Å². The van der Waals surface area contributed by atoms with Crippen molar-refractivity contribution in [3.8, 4) is 5.75 Å². The SMILES string of the molecule is OCc1ccc(NCCS)cc1O. The average molecular weight is 199 g/mol. The molecule has 3 nitrogen and oxygen atoms in total. The molecule has 1 rings (SSSR count). The first-order chi connectivity index (χ1) is 6.27. The highest BCUT2D eigenvalue weighted by Gasteiger charge is 2.00. The first-order valence-corrected chi connectivity index (χ1v) is 4.68.